The first-order valence-corrected chi connectivity index (χ1v) is 1.69. The van der Waals surface area contributed by atoms with E-state index >= 15 is 0 Å². The number of epoxide rings is 1. The van der Waals surface area contributed by atoms with Gasteiger partial charge in [0.2, 0.25) is 0 Å². The Balaban J connectivity index is 2.00. The zero-order chi connectivity index (χ0) is 3.70. The van der Waals surface area contributed by atoms with Gasteiger partial charge >= 0.3 is 0 Å². The topological polar surface area (TPSA) is 12.5 Å². The maximum Gasteiger partial charge on any atom is 0.0815 e. The van der Waals surface area contributed by atoms with Crippen molar-refractivity contribution < 1.29 is 4.74 Å². The van der Waals surface area contributed by atoms with Crippen LogP contribution in [0.5, 0.6) is 0 Å². The first kappa shape index (κ1) is 3.16. The van der Waals surface area contributed by atoms with Crippen molar-refractivity contribution in [2.45, 2.75) is 12.5 Å². The van der Waals surface area contributed by atoms with Crippen LogP contribution in [0.2, 0.25) is 0 Å². The molecule has 5 heavy (non-hydrogen) atoms. The van der Waals surface area contributed by atoms with Crippen molar-refractivity contribution >= 4 is 0 Å². The van der Waals surface area contributed by atoms with E-state index in [9.17, 15) is 0 Å². The van der Waals surface area contributed by atoms with Crippen LogP contribution in [-0.2, 0) is 4.74 Å². The maximum atomic E-state index is 6.59. The highest BCUT2D eigenvalue weighted by molar-refractivity contribution is 4.68. The Morgan fingerprint density at radius 1 is 2.00 bits per heavy atom. The molecule has 1 saturated heterocycles. The van der Waals surface area contributed by atoms with Crippen molar-refractivity contribution in [3.8, 4) is 0 Å². The molecular formula is C4H5O. The van der Waals surface area contributed by atoms with Crippen LogP contribution in [-0.4, -0.2) is 12.7 Å². The lowest BCUT2D eigenvalue weighted by Gasteiger charge is -1.68. The van der Waals surface area contributed by atoms with Gasteiger partial charge in [0, 0.05) is 0 Å². The molecule has 1 fully saturated rings. The third-order valence-corrected chi connectivity index (χ3v) is 0.630. The van der Waals surface area contributed by atoms with Crippen LogP contribution >= 0.6 is 0 Å². The SMILES string of the molecule is [C]CC1CO1. The van der Waals surface area contributed by atoms with Gasteiger partial charge in [-0.2, -0.15) is 0 Å². The average molecular weight is 69.1 g/mol. The van der Waals surface area contributed by atoms with Crippen molar-refractivity contribution in [2.75, 3.05) is 6.61 Å². The third-order valence-electron chi connectivity index (χ3n) is 0.630. The standard InChI is InChI=1S/C4H5O/c1-2-4-3-5-4/h4H,2-3H2. The van der Waals surface area contributed by atoms with Gasteiger partial charge in [-0.05, 0) is 13.3 Å². The van der Waals surface area contributed by atoms with E-state index in [4.69, 9.17) is 6.92 Å². The molecule has 1 nitrogen and oxygen atoms in total. The average Bonchev–Trinajstić information content (AvgIpc) is 2.12. The molecule has 0 bridgehead atoms. The molecule has 1 heteroatoms. The highest BCUT2D eigenvalue weighted by Gasteiger charge is 2.18. The summed E-state index contributed by atoms with van der Waals surface area (Å²) in [6, 6.07) is 0. The van der Waals surface area contributed by atoms with Gasteiger partial charge < -0.3 is 4.74 Å². The highest BCUT2D eigenvalue weighted by atomic mass is 16.6. The van der Waals surface area contributed by atoms with E-state index in [-0.39, 0.29) is 0 Å². The molecule has 0 aromatic rings. The van der Waals surface area contributed by atoms with Crippen LogP contribution in [0.15, 0.2) is 0 Å². The summed E-state index contributed by atoms with van der Waals surface area (Å²) < 4.78 is 4.67. The molecule has 3 radical (unpaired) electrons. The Hall–Kier alpha value is -0.0400. The van der Waals surface area contributed by atoms with Gasteiger partial charge in [-0.1, -0.05) is 0 Å². The molecule has 0 saturated carbocycles. The van der Waals surface area contributed by atoms with Gasteiger partial charge in [0.25, 0.3) is 0 Å². The Kier molecular flexibility index (Phi) is 0.618. The second-order valence-electron chi connectivity index (χ2n) is 1.16. The van der Waals surface area contributed by atoms with Gasteiger partial charge in [-0.25, -0.2) is 0 Å². The highest BCUT2D eigenvalue weighted by Crippen LogP contribution is 2.10. The molecule has 0 amide bonds. The predicted molar refractivity (Wildman–Crippen MR) is 17.6 cm³/mol. The van der Waals surface area contributed by atoms with E-state index in [2.05, 4.69) is 4.74 Å². The lowest BCUT2D eigenvalue weighted by Crippen LogP contribution is -1.73. The van der Waals surface area contributed by atoms with E-state index in [0.29, 0.717) is 12.5 Å². The Bertz CT molecular complexity index is 30.6. The zero-order valence-corrected chi connectivity index (χ0v) is 2.90. The van der Waals surface area contributed by atoms with Crippen molar-refractivity contribution in [3.63, 3.8) is 0 Å². The molecule has 0 spiro atoms. The quantitative estimate of drug-likeness (QED) is 0.405. The molecule has 1 rings (SSSR count). The smallest absolute Gasteiger partial charge is 0.0815 e. The van der Waals surface area contributed by atoms with E-state index in [1.54, 1.807) is 0 Å². The molecular weight excluding hydrogens is 64.0 g/mol. The molecule has 1 unspecified atom stereocenters. The summed E-state index contributed by atoms with van der Waals surface area (Å²) in [6.45, 7) is 7.42. The predicted octanol–water partition coefficient (Wildman–Crippen LogP) is 0.363. The fraction of sp³-hybridized carbons (Fsp3) is 0.750. The second kappa shape index (κ2) is 0.977. The van der Waals surface area contributed by atoms with E-state index in [1.165, 1.54) is 0 Å². The van der Waals surface area contributed by atoms with Gasteiger partial charge in [0.15, 0.2) is 0 Å². The van der Waals surface area contributed by atoms with E-state index < -0.39 is 0 Å². The molecule has 0 aromatic carbocycles. The van der Waals surface area contributed by atoms with Gasteiger partial charge in [0.1, 0.15) is 0 Å². The summed E-state index contributed by atoms with van der Waals surface area (Å²) in [6.07, 6.45) is 0.745. The van der Waals surface area contributed by atoms with Crippen LogP contribution in [0.3, 0.4) is 0 Å². The first-order chi connectivity index (χ1) is 2.43. The summed E-state index contributed by atoms with van der Waals surface area (Å²) >= 11 is 0. The van der Waals surface area contributed by atoms with Crippen molar-refractivity contribution in [1.82, 2.24) is 0 Å². The first-order valence-electron chi connectivity index (χ1n) is 1.69. The summed E-state index contributed by atoms with van der Waals surface area (Å²) in [5, 5.41) is 0. The largest absolute Gasteiger partial charge is 0.373 e. The van der Waals surface area contributed by atoms with Crippen LogP contribution in [0, 0.1) is 6.92 Å². The van der Waals surface area contributed by atoms with Gasteiger partial charge in [0.05, 0.1) is 12.7 Å². The second-order valence-corrected chi connectivity index (χ2v) is 1.16. The number of ether oxygens (including phenoxy) is 1. The Labute approximate surface area is 31.9 Å². The van der Waals surface area contributed by atoms with Crippen LogP contribution < -0.4 is 0 Å². The minimum Gasteiger partial charge on any atom is -0.373 e. The van der Waals surface area contributed by atoms with Crippen molar-refractivity contribution in [2.24, 2.45) is 0 Å². The number of hydrogen-bond donors (Lipinski definition) is 0. The van der Waals surface area contributed by atoms with Gasteiger partial charge in [-0.3, -0.25) is 0 Å². The van der Waals surface area contributed by atoms with Crippen LogP contribution in [0.4, 0.5) is 0 Å². The third kappa shape index (κ3) is 0.618. The van der Waals surface area contributed by atoms with E-state index in [0.717, 1.165) is 6.61 Å². The lowest BCUT2D eigenvalue weighted by atomic mass is 10.4. The molecule has 1 aliphatic rings. The molecule has 27 valence electrons. The summed E-state index contributed by atoms with van der Waals surface area (Å²) in [5.41, 5.74) is 0. The number of hydrogen-bond acceptors (Lipinski definition) is 1. The van der Waals surface area contributed by atoms with Crippen molar-refractivity contribution in [3.05, 3.63) is 6.92 Å². The normalized spacial score (nSPS) is 34.2. The lowest BCUT2D eigenvalue weighted by molar-refractivity contribution is 0.410. The van der Waals surface area contributed by atoms with Crippen LogP contribution in [0.25, 0.3) is 0 Å². The molecule has 1 aliphatic heterocycles. The summed E-state index contributed by atoms with van der Waals surface area (Å²) in [7, 11) is 0. The minimum absolute atomic E-state index is 0.301. The monoisotopic (exact) mass is 69.0 g/mol. The molecule has 1 heterocycles. The summed E-state index contributed by atoms with van der Waals surface area (Å²) in [4.78, 5) is 0. The summed E-state index contributed by atoms with van der Waals surface area (Å²) in [5.74, 6) is 0. The van der Waals surface area contributed by atoms with Gasteiger partial charge in [-0.15, -0.1) is 0 Å². The van der Waals surface area contributed by atoms with Crippen LogP contribution in [0.1, 0.15) is 6.42 Å². The molecule has 0 N–H and O–H groups in total. The van der Waals surface area contributed by atoms with Crippen molar-refractivity contribution in [1.29, 1.82) is 0 Å². The van der Waals surface area contributed by atoms with E-state index in [1.807, 2.05) is 0 Å². The molecule has 1 atom stereocenters. The fourth-order valence-corrected chi connectivity index (χ4v) is 0.186. The fourth-order valence-electron chi connectivity index (χ4n) is 0.186. The maximum absolute atomic E-state index is 6.59. The molecule has 0 aromatic heterocycles. The number of rotatable bonds is 1. The molecule has 0 aliphatic carbocycles. The minimum atomic E-state index is 0.301. The zero-order valence-electron chi connectivity index (χ0n) is 2.90. The Morgan fingerprint density at radius 2 is 2.60 bits per heavy atom. The Morgan fingerprint density at radius 3 is 2.60 bits per heavy atom.